The summed E-state index contributed by atoms with van der Waals surface area (Å²) in [6.45, 7) is 1.90. The van der Waals surface area contributed by atoms with Gasteiger partial charge in [0.2, 0.25) is 0 Å². The molecule has 1 aromatic carbocycles. The van der Waals surface area contributed by atoms with Gasteiger partial charge in [-0.2, -0.15) is 0 Å². The van der Waals surface area contributed by atoms with E-state index in [0.29, 0.717) is 32.3 Å². The van der Waals surface area contributed by atoms with E-state index in [4.69, 9.17) is 33.0 Å². The topological polar surface area (TPSA) is 46.5 Å². The molecule has 0 fully saturated rings. The Morgan fingerprint density at radius 2 is 2.11 bits per heavy atom. The van der Waals surface area contributed by atoms with Crippen molar-refractivity contribution < 1.29 is 14.6 Å². The van der Waals surface area contributed by atoms with Gasteiger partial charge in [-0.05, 0) is 34.5 Å². The average Bonchev–Trinajstić information content (AvgIpc) is 2.30. The van der Waals surface area contributed by atoms with Crippen LogP contribution in [0.4, 0.5) is 0 Å². The third kappa shape index (κ3) is 4.19. The molecule has 0 bridgehead atoms. The van der Waals surface area contributed by atoms with Gasteiger partial charge in [-0.25, -0.2) is 4.79 Å². The Hall–Kier alpha value is -0.710. The quantitative estimate of drug-likeness (QED) is 0.623. The molecule has 0 radical (unpaired) electrons. The Morgan fingerprint density at radius 1 is 1.44 bits per heavy atom. The van der Waals surface area contributed by atoms with E-state index in [1.807, 2.05) is 0 Å². The molecule has 0 unspecified atom stereocenters. The van der Waals surface area contributed by atoms with Crippen molar-refractivity contribution in [2.75, 3.05) is 6.61 Å². The van der Waals surface area contributed by atoms with Crippen LogP contribution in [0.5, 0.6) is 5.75 Å². The number of carbonyl (C=O) groups is 1. The summed E-state index contributed by atoms with van der Waals surface area (Å²) >= 11 is 15.1. The van der Waals surface area contributed by atoms with Crippen LogP contribution in [0.2, 0.25) is 10.0 Å². The number of hydrogen-bond acceptors (Lipinski definition) is 2. The Morgan fingerprint density at radius 3 is 2.67 bits per heavy atom. The maximum Gasteiger partial charge on any atom is 0.331 e. The van der Waals surface area contributed by atoms with Gasteiger partial charge < -0.3 is 9.84 Å². The molecular formula is C12H11BrCl2O3. The number of halogens is 3. The molecule has 1 aromatic rings. The average molecular weight is 354 g/mol. The van der Waals surface area contributed by atoms with E-state index < -0.39 is 5.97 Å². The first-order valence-electron chi connectivity index (χ1n) is 5.15. The number of ether oxygens (including phenoxy) is 1. The molecule has 0 heterocycles. The lowest BCUT2D eigenvalue weighted by Gasteiger charge is -2.08. The van der Waals surface area contributed by atoms with Gasteiger partial charge in [0, 0.05) is 16.1 Å². The minimum Gasteiger partial charge on any atom is -0.488 e. The first-order valence-corrected chi connectivity index (χ1v) is 6.70. The lowest BCUT2D eigenvalue weighted by Crippen LogP contribution is -2.03. The molecule has 0 aromatic heterocycles. The molecule has 0 amide bonds. The summed E-state index contributed by atoms with van der Waals surface area (Å²) in [7, 11) is 0. The van der Waals surface area contributed by atoms with Gasteiger partial charge in [-0.15, -0.1) is 0 Å². The third-order valence-corrected chi connectivity index (χ3v) is 3.69. The second kappa shape index (κ2) is 7.02. The van der Waals surface area contributed by atoms with E-state index in [-0.39, 0.29) is 6.61 Å². The molecule has 0 saturated carbocycles. The SMILES string of the molecule is CC/C(=C/COc1cc(Cl)c(Br)cc1Cl)C(=O)O. The van der Waals surface area contributed by atoms with E-state index in [1.165, 1.54) is 6.08 Å². The van der Waals surface area contributed by atoms with Crippen molar-refractivity contribution in [3.8, 4) is 5.75 Å². The largest absolute Gasteiger partial charge is 0.488 e. The van der Waals surface area contributed by atoms with Crippen LogP contribution in [0.25, 0.3) is 0 Å². The van der Waals surface area contributed by atoms with Gasteiger partial charge in [-0.3, -0.25) is 0 Å². The lowest BCUT2D eigenvalue weighted by molar-refractivity contribution is -0.132. The third-order valence-electron chi connectivity index (χ3n) is 2.20. The minimum absolute atomic E-state index is 0.132. The number of rotatable bonds is 5. The van der Waals surface area contributed by atoms with E-state index in [1.54, 1.807) is 19.1 Å². The molecule has 0 aliphatic heterocycles. The second-order valence-electron chi connectivity index (χ2n) is 3.40. The van der Waals surface area contributed by atoms with Crippen molar-refractivity contribution in [1.82, 2.24) is 0 Å². The Bertz CT molecular complexity index is 486. The van der Waals surface area contributed by atoms with Gasteiger partial charge in [0.25, 0.3) is 0 Å². The van der Waals surface area contributed by atoms with Crippen LogP contribution >= 0.6 is 39.1 Å². The van der Waals surface area contributed by atoms with Crippen LogP contribution in [0.15, 0.2) is 28.3 Å². The summed E-state index contributed by atoms with van der Waals surface area (Å²) in [6, 6.07) is 3.20. The van der Waals surface area contributed by atoms with E-state index >= 15 is 0 Å². The smallest absolute Gasteiger partial charge is 0.331 e. The predicted molar refractivity (Wildman–Crippen MR) is 75.7 cm³/mol. The maximum absolute atomic E-state index is 10.8. The summed E-state index contributed by atoms with van der Waals surface area (Å²) in [4.78, 5) is 10.8. The molecule has 3 nitrogen and oxygen atoms in total. The standard InChI is InChI=1S/C12H11BrCl2O3/c1-2-7(12(16)17)3-4-18-11-6-9(14)8(13)5-10(11)15/h3,5-6H,2,4H2,1H3,(H,16,17)/b7-3-. The highest BCUT2D eigenvalue weighted by molar-refractivity contribution is 9.10. The zero-order valence-corrected chi connectivity index (χ0v) is 12.6. The van der Waals surface area contributed by atoms with E-state index in [9.17, 15) is 4.79 Å². The fourth-order valence-corrected chi connectivity index (χ4v) is 2.08. The first-order chi connectivity index (χ1) is 8.45. The lowest BCUT2D eigenvalue weighted by atomic mass is 10.2. The molecule has 18 heavy (non-hydrogen) atoms. The van der Waals surface area contributed by atoms with Crippen LogP contribution in [0.1, 0.15) is 13.3 Å². The van der Waals surface area contributed by atoms with Gasteiger partial charge in [0.05, 0.1) is 10.0 Å². The van der Waals surface area contributed by atoms with Crippen molar-refractivity contribution in [1.29, 1.82) is 0 Å². The highest BCUT2D eigenvalue weighted by atomic mass is 79.9. The summed E-state index contributed by atoms with van der Waals surface area (Å²) in [5, 5.41) is 9.72. The van der Waals surface area contributed by atoms with Crippen LogP contribution in [0, 0.1) is 0 Å². The highest BCUT2D eigenvalue weighted by Crippen LogP contribution is 2.34. The summed E-state index contributed by atoms with van der Waals surface area (Å²) < 4.78 is 6.06. The molecule has 6 heteroatoms. The monoisotopic (exact) mass is 352 g/mol. The molecule has 98 valence electrons. The van der Waals surface area contributed by atoms with Crippen molar-refractivity contribution in [3.05, 3.63) is 38.3 Å². The Kier molecular flexibility index (Phi) is 5.99. The zero-order chi connectivity index (χ0) is 13.7. The number of carboxylic acid groups (broad SMARTS) is 1. The van der Waals surface area contributed by atoms with E-state index in [0.717, 1.165) is 0 Å². The fraction of sp³-hybridized carbons (Fsp3) is 0.250. The Labute approximate surface area is 123 Å². The van der Waals surface area contributed by atoms with Gasteiger partial charge >= 0.3 is 5.97 Å². The molecule has 0 atom stereocenters. The molecule has 0 aliphatic carbocycles. The second-order valence-corrected chi connectivity index (χ2v) is 5.06. The first kappa shape index (κ1) is 15.3. The molecule has 0 spiro atoms. The fourth-order valence-electron chi connectivity index (χ4n) is 1.23. The molecular weight excluding hydrogens is 343 g/mol. The number of aliphatic carboxylic acids is 1. The van der Waals surface area contributed by atoms with Crippen molar-refractivity contribution in [2.45, 2.75) is 13.3 Å². The normalized spacial score (nSPS) is 11.4. The summed E-state index contributed by atoms with van der Waals surface area (Å²) in [5.41, 5.74) is 0.300. The van der Waals surface area contributed by atoms with Crippen LogP contribution in [-0.4, -0.2) is 17.7 Å². The highest BCUT2D eigenvalue weighted by Gasteiger charge is 2.07. The Balaban J connectivity index is 2.75. The van der Waals surface area contributed by atoms with Crippen molar-refractivity contribution >= 4 is 45.1 Å². The van der Waals surface area contributed by atoms with Crippen LogP contribution in [0.3, 0.4) is 0 Å². The van der Waals surface area contributed by atoms with Crippen molar-refractivity contribution in [3.63, 3.8) is 0 Å². The summed E-state index contributed by atoms with van der Waals surface area (Å²) in [6.07, 6.45) is 1.95. The summed E-state index contributed by atoms with van der Waals surface area (Å²) in [5.74, 6) is -0.525. The number of carboxylic acids is 1. The van der Waals surface area contributed by atoms with Gasteiger partial charge in [-0.1, -0.05) is 30.1 Å². The van der Waals surface area contributed by atoms with E-state index in [2.05, 4.69) is 15.9 Å². The molecule has 1 rings (SSSR count). The minimum atomic E-state index is -0.943. The number of hydrogen-bond donors (Lipinski definition) is 1. The predicted octanol–water partition coefficient (Wildman–Crippen LogP) is 4.56. The molecule has 0 saturated heterocycles. The van der Waals surface area contributed by atoms with Crippen LogP contribution in [-0.2, 0) is 4.79 Å². The van der Waals surface area contributed by atoms with Gasteiger partial charge in [0.15, 0.2) is 0 Å². The molecule has 0 aliphatic rings. The van der Waals surface area contributed by atoms with Crippen LogP contribution < -0.4 is 4.74 Å². The van der Waals surface area contributed by atoms with Crippen molar-refractivity contribution in [2.24, 2.45) is 0 Å². The number of benzene rings is 1. The molecule has 1 N–H and O–H groups in total. The zero-order valence-electron chi connectivity index (χ0n) is 9.54. The maximum atomic E-state index is 10.8. The van der Waals surface area contributed by atoms with Gasteiger partial charge in [0.1, 0.15) is 12.4 Å².